The molecular weight excluding hydrogens is 143 g/mol. The molecule has 10 heavy (non-hydrogen) atoms. The smallest absolute Gasteiger partial charge is 0.280 e. The van der Waals surface area contributed by atoms with Gasteiger partial charge in [-0.3, -0.25) is 5.32 Å². The van der Waals surface area contributed by atoms with Crippen LogP contribution in [-0.4, -0.2) is 18.8 Å². The normalized spacial score (nSPS) is 17.4. The van der Waals surface area contributed by atoms with Gasteiger partial charge in [0.25, 0.3) is 6.43 Å². The van der Waals surface area contributed by atoms with E-state index in [0.717, 1.165) is 0 Å². The van der Waals surface area contributed by atoms with E-state index in [1.54, 1.807) is 13.8 Å². The molecule has 2 unspecified atom stereocenters. The Morgan fingerprint density at radius 2 is 1.80 bits per heavy atom. The van der Waals surface area contributed by atoms with Crippen molar-refractivity contribution in [3.05, 3.63) is 0 Å². The van der Waals surface area contributed by atoms with Crippen molar-refractivity contribution < 1.29 is 13.2 Å². The lowest BCUT2D eigenvalue weighted by molar-refractivity contribution is 0.0248. The third-order valence-electron chi connectivity index (χ3n) is 1.28. The van der Waals surface area contributed by atoms with Crippen LogP contribution in [0, 0.1) is 0 Å². The van der Waals surface area contributed by atoms with Gasteiger partial charge in [-0.25, -0.2) is 13.2 Å². The maximum Gasteiger partial charge on any atom is 0.282 e. The van der Waals surface area contributed by atoms with E-state index in [1.807, 2.05) is 0 Å². The number of hydrogen-bond donors (Lipinski definition) is 1. The first-order chi connectivity index (χ1) is 4.57. The van der Waals surface area contributed by atoms with Crippen LogP contribution in [0.25, 0.3) is 0 Å². The highest BCUT2D eigenvalue weighted by Gasteiger charge is 2.19. The highest BCUT2D eigenvalue weighted by Crippen LogP contribution is 2.03. The summed E-state index contributed by atoms with van der Waals surface area (Å²) < 4.78 is 35.1. The lowest BCUT2D eigenvalue weighted by Crippen LogP contribution is -2.37. The molecule has 0 radical (unpaired) electrons. The summed E-state index contributed by atoms with van der Waals surface area (Å²) >= 11 is 0. The highest BCUT2D eigenvalue weighted by molar-refractivity contribution is 4.62. The van der Waals surface area contributed by atoms with Crippen LogP contribution >= 0.6 is 0 Å². The van der Waals surface area contributed by atoms with Gasteiger partial charge in [-0.1, -0.05) is 6.92 Å². The van der Waals surface area contributed by atoms with Crippen LogP contribution in [-0.2, 0) is 0 Å². The Labute approximate surface area is 58.6 Å². The van der Waals surface area contributed by atoms with Gasteiger partial charge < -0.3 is 0 Å². The molecule has 0 spiro atoms. The van der Waals surface area contributed by atoms with E-state index in [2.05, 4.69) is 5.32 Å². The number of alkyl halides is 3. The van der Waals surface area contributed by atoms with E-state index in [1.165, 1.54) is 0 Å². The Balaban J connectivity index is 3.46. The van der Waals surface area contributed by atoms with Gasteiger partial charge >= 0.3 is 0 Å². The summed E-state index contributed by atoms with van der Waals surface area (Å²) in [6.45, 7) is 3.46. The molecular formula is C6H12F3N. The number of rotatable bonds is 4. The summed E-state index contributed by atoms with van der Waals surface area (Å²) in [5, 5.41) is 2.11. The van der Waals surface area contributed by atoms with Gasteiger partial charge in [-0.05, 0) is 13.3 Å². The lowest BCUT2D eigenvalue weighted by Gasteiger charge is -2.14. The van der Waals surface area contributed by atoms with Crippen molar-refractivity contribution in [1.29, 1.82) is 0 Å². The molecule has 0 bridgehead atoms. The first-order valence-corrected chi connectivity index (χ1v) is 3.26. The summed E-state index contributed by atoms with van der Waals surface area (Å²) in [6, 6.07) is -0.191. The second kappa shape index (κ2) is 4.55. The maximum atomic E-state index is 12.1. The Hall–Kier alpha value is -0.250. The predicted molar refractivity (Wildman–Crippen MR) is 33.8 cm³/mol. The van der Waals surface area contributed by atoms with Crippen LogP contribution in [0.4, 0.5) is 13.2 Å². The largest absolute Gasteiger partial charge is 0.282 e. The molecule has 0 rings (SSSR count). The minimum absolute atomic E-state index is 0.191. The molecule has 0 saturated carbocycles. The van der Waals surface area contributed by atoms with E-state index in [-0.39, 0.29) is 6.04 Å². The Morgan fingerprint density at radius 1 is 1.30 bits per heavy atom. The molecule has 4 heteroatoms. The molecule has 0 aromatic rings. The van der Waals surface area contributed by atoms with Crippen LogP contribution in [0.15, 0.2) is 0 Å². The Morgan fingerprint density at radius 3 is 2.10 bits per heavy atom. The second-order valence-corrected chi connectivity index (χ2v) is 2.21. The zero-order chi connectivity index (χ0) is 8.15. The zero-order valence-corrected chi connectivity index (χ0v) is 6.07. The summed E-state index contributed by atoms with van der Waals surface area (Å²) in [5.74, 6) is 0. The standard InChI is InChI=1S/C6H12F3N/c1-3-4(2)10-6(9)5(7)8/h4-6,10H,3H2,1-2H3. The number of hydrogen-bond acceptors (Lipinski definition) is 1. The molecule has 0 aliphatic rings. The van der Waals surface area contributed by atoms with Crippen LogP contribution in [0.2, 0.25) is 0 Å². The van der Waals surface area contributed by atoms with Gasteiger partial charge in [0.15, 0.2) is 0 Å². The third-order valence-corrected chi connectivity index (χ3v) is 1.28. The molecule has 1 N–H and O–H groups in total. The van der Waals surface area contributed by atoms with Gasteiger partial charge in [-0.2, -0.15) is 0 Å². The van der Waals surface area contributed by atoms with Crippen molar-refractivity contribution in [1.82, 2.24) is 5.32 Å². The molecule has 62 valence electrons. The molecule has 0 saturated heterocycles. The van der Waals surface area contributed by atoms with E-state index >= 15 is 0 Å². The van der Waals surface area contributed by atoms with Crippen molar-refractivity contribution in [3.63, 3.8) is 0 Å². The van der Waals surface area contributed by atoms with Gasteiger partial charge in [-0.15, -0.1) is 0 Å². The van der Waals surface area contributed by atoms with Crippen molar-refractivity contribution >= 4 is 0 Å². The van der Waals surface area contributed by atoms with E-state index < -0.39 is 12.7 Å². The van der Waals surface area contributed by atoms with Gasteiger partial charge in [0.1, 0.15) is 0 Å². The second-order valence-electron chi connectivity index (χ2n) is 2.21. The van der Waals surface area contributed by atoms with Crippen molar-refractivity contribution in [2.45, 2.75) is 39.0 Å². The topological polar surface area (TPSA) is 12.0 Å². The number of nitrogens with one attached hydrogen (secondary N) is 1. The average Bonchev–Trinajstić information content (AvgIpc) is 1.87. The highest BCUT2D eigenvalue weighted by atomic mass is 19.3. The Kier molecular flexibility index (Phi) is 4.43. The van der Waals surface area contributed by atoms with Crippen LogP contribution in [0.3, 0.4) is 0 Å². The molecule has 0 heterocycles. The summed E-state index contributed by atoms with van der Waals surface area (Å²) in [7, 11) is 0. The average molecular weight is 155 g/mol. The van der Waals surface area contributed by atoms with Gasteiger partial charge in [0.2, 0.25) is 6.30 Å². The summed E-state index contributed by atoms with van der Waals surface area (Å²) in [5.41, 5.74) is 0. The number of halogens is 3. The van der Waals surface area contributed by atoms with Gasteiger partial charge in [0.05, 0.1) is 0 Å². The molecule has 2 atom stereocenters. The third kappa shape index (κ3) is 3.71. The van der Waals surface area contributed by atoms with Crippen LogP contribution in [0.5, 0.6) is 0 Å². The summed E-state index contributed by atoms with van der Waals surface area (Å²) in [4.78, 5) is 0. The van der Waals surface area contributed by atoms with E-state index in [0.29, 0.717) is 6.42 Å². The molecule has 0 fully saturated rings. The zero-order valence-electron chi connectivity index (χ0n) is 6.07. The fourth-order valence-electron chi connectivity index (χ4n) is 0.462. The quantitative estimate of drug-likeness (QED) is 0.612. The fourth-order valence-corrected chi connectivity index (χ4v) is 0.462. The van der Waals surface area contributed by atoms with E-state index in [4.69, 9.17) is 0 Å². The predicted octanol–water partition coefficient (Wildman–Crippen LogP) is 1.94. The fraction of sp³-hybridized carbons (Fsp3) is 1.00. The lowest BCUT2D eigenvalue weighted by atomic mass is 10.2. The molecule has 0 aromatic heterocycles. The molecule has 0 amide bonds. The SMILES string of the molecule is CCC(C)NC(F)C(F)F. The van der Waals surface area contributed by atoms with Crippen LogP contribution in [0.1, 0.15) is 20.3 Å². The van der Waals surface area contributed by atoms with Crippen LogP contribution < -0.4 is 5.32 Å². The molecule has 1 nitrogen and oxygen atoms in total. The minimum atomic E-state index is -2.92. The van der Waals surface area contributed by atoms with Crippen molar-refractivity contribution in [2.24, 2.45) is 0 Å². The van der Waals surface area contributed by atoms with Gasteiger partial charge in [0, 0.05) is 6.04 Å². The van der Waals surface area contributed by atoms with E-state index in [9.17, 15) is 13.2 Å². The first kappa shape index (κ1) is 9.75. The molecule has 0 aromatic carbocycles. The molecule has 0 aliphatic carbocycles. The Bertz CT molecular complexity index is 87.1. The first-order valence-electron chi connectivity index (χ1n) is 3.26. The van der Waals surface area contributed by atoms with Crippen molar-refractivity contribution in [2.75, 3.05) is 0 Å². The minimum Gasteiger partial charge on any atom is -0.280 e. The monoisotopic (exact) mass is 155 g/mol. The maximum absolute atomic E-state index is 12.1. The van der Waals surface area contributed by atoms with Crippen molar-refractivity contribution in [3.8, 4) is 0 Å². The molecule has 0 aliphatic heterocycles. The summed E-state index contributed by atoms with van der Waals surface area (Å²) in [6.07, 6.45) is -4.46.